The average molecular weight is 203 g/mol. The van der Waals surface area contributed by atoms with E-state index in [9.17, 15) is 4.79 Å². The van der Waals surface area contributed by atoms with Crippen LogP contribution in [0.2, 0.25) is 0 Å². The van der Waals surface area contributed by atoms with E-state index in [-0.39, 0.29) is 12.5 Å². The maximum Gasteiger partial charge on any atom is 0.225 e. The normalized spacial score (nSPS) is 18.7. The van der Waals surface area contributed by atoms with Gasteiger partial charge in [-0.3, -0.25) is 9.69 Å². The third kappa shape index (κ3) is 1.62. The molecule has 1 aromatic rings. The van der Waals surface area contributed by atoms with Crippen LogP contribution in [0.15, 0.2) is 18.3 Å². The summed E-state index contributed by atoms with van der Waals surface area (Å²) in [7, 11) is 0. The molecule has 0 radical (unpaired) electrons. The van der Waals surface area contributed by atoms with Crippen molar-refractivity contribution in [2.75, 3.05) is 11.4 Å². The lowest BCUT2D eigenvalue weighted by Crippen LogP contribution is -2.42. The van der Waals surface area contributed by atoms with Crippen LogP contribution in [0.1, 0.15) is 6.92 Å². The minimum Gasteiger partial charge on any atom is -0.470 e. The second-order valence-corrected chi connectivity index (χ2v) is 3.19. The fraction of sp³-hybridized carbons (Fsp3) is 0.300. The standard InChI is InChI=1S/C10H9N3O2/c1-7(14)13-6-8(5-11)15-9-3-2-4-12-10(9)13/h2-4,8H,6H2,1H3. The number of anilines is 1. The topological polar surface area (TPSA) is 66.2 Å². The van der Waals surface area contributed by atoms with Crippen molar-refractivity contribution in [3.05, 3.63) is 18.3 Å². The summed E-state index contributed by atoms with van der Waals surface area (Å²) in [6.45, 7) is 1.67. The lowest BCUT2D eigenvalue weighted by atomic mass is 10.2. The van der Waals surface area contributed by atoms with Gasteiger partial charge in [-0.1, -0.05) is 0 Å². The number of pyridine rings is 1. The van der Waals surface area contributed by atoms with Gasteiger partial charge in [-0.05, 0) is 12.1 Å². The van der Waals surface area contributed by atoms with Gasteiger partial charge in [0, 0.05) is 13.1 Å². The number of aromatic nitrogens is 1. The first-order valence-electron chi connectivity index (χ1n) is 4.52. The smallest absolute Gasteiger partial charge is 0.225 e. The van der Waals surface area contributed by atoms with Gasteiger partial charge in [-0.25, -0.2) is 4.98 Å². The number of carbonyl (C=O) groups is 1. The van der Waals surface area contributed by atoms with E-state index in [2.05, 4.69) is 4.98 Å². The number of hydrogen-bond donors (Lipinski definition) is 0. The number of hydrogen-bond acceptors (Lipinski definition) is 4. The Morgan fingerprint density at radius 3 is 3.27 bits per heavy atom. The van der Waals surface area contributed by atoms with E-state index in [4.69, 9.17) is 10.00 Å². The van der Waals surface area contributed by atoms with E-state index in [0.717, 1.165) is 0 Å². The van der Waals surface area contributed by atoms with Gasteiger partial charge in [-0.2, -0.15) is 5.26 Å². The van der Waals surface area contributed by atoms with Gasteiger partial charge in [0.25, 0.3) is 0 Å². The van der Waals surface area contributed by atoms with E-state index < -0.39 is 6.10 Å². The molecule has 0 fully saturated rings. The molecule has 0 aromatic carbocycles. The summed E-state index contributed by atoms with van der Waals surface area (Å²) < 4.78 is 5.34. The molecule has 1 atom stereocenters. The zero-order valence-corrected chi connectivity index (χ0v) is 8.17. The van der Waals surface area contributed by atoms with Crippen molar-refractivity contribution < 1.29 is 9.53 Å². The molecule has 1 amide bonds. The Morgan fingerprint density at radius 1 is 1.80 bits per heavy atom. The molecule has 5 nitrogen and oxygen atoms in total. The number of fused-ring (bicyclic) bond motifs is 1. The van der Waals surface area contributed by atoms with Gasteiger partial charge in [0.15, 0.2) is 11.6 Å². The van der Waals surface area contributed by atoms with Gasteiger partial charge in [0.1, 0.15) is 6.07 Å². The molecule has 0 aliphatic carbocycles. The number of ether oxygens (including phenoxy) is 1. The first-order chi connectivity index (χ1) is 7.22. The molecule has 2 heterocycles. The highest BCUT2D eigenvalue weighted by Gasteiger charge is 2.28. The van der Waals surface area contributed by atoms with Gasteiger partial charge >= 0.3 is 0 Å². The Balaban J connectivity index is 2.43. The summed E-state index contributed by atoms with van der Waals surface area (Å²) >= 11 is 0. The molecule has 0 bridgehead atoms. The van der Waals surface area contributed by atoms with Crippen LogP contribution in [0.3, 0.4) is 0 Å². The summed E-state index contributed by atoms with van der Waals surface area (Å²) in [4.78, 5) is 16.9. The van der Waals surface area contributed by atoms with Crippen molar-refractivity contribution in [3.8, 4) is 11.8 Å². The Hall–Kier alpha value is -2.09. The highest BCUT2D eigenvalue weighted by Crippen LogP contribution is 2.30. The zero-order chi connectivity index (χ0) is 10.8. The maximum absolute atomic E-state index is 11.3. The Labute approximate surface area is 86.9 Å². The molecule has 0 spiro atoms. The van der Waals surface area contributed by atoms with Crippen LogP contribution in [0.4, 0.5) is 5.82 Å². The number of rotatable bonds is 0. The molecular formula is C10H9N3O2. The van der Waals surface area contributed by atoms with Crippen LogP contribution in [-0.4, -0.2) is 23.5 Å². The fourth-order valence-corrected chi connectivity index (χ4v) is 1.46. The average Bonchev–Trinajstić information content (AvgIpc) is 2.27. The van der Waals surface area contributed by atoms with Gasteiger partial charge in [0.2, 0.25) is 12.0 Å². The van der Waals surface area contributed by atoms with Crippen molar-refractivity contribution in [3.63, 3.8) is 0 Å². The zero-order valence-electron chi connectivity index (χ0n) is 8.17. The van der Waals surface area contributed by atoms with E-state index >= 15 is 0 Å². The third-order valence-corrected chi connectivity index (χ3v) is 2.15. The number of carbonyl (C=O) groups excluding carboxylic acids is 1. The van der Waals surface area contributed by atoms with E-state index in [1.54, 1.807) is 18.3 Å². The predicted octanol–water partition coefficient (Wildman–Crippen LogP) is 0.719. The van der Waals surface area contributed by atoms with Crippen LogP contribution in [0.5, 0.6) is 5.75 Å². The number of nitrogens with zero attached hydrogens (tertiary/aromatic N) is 3. The molecule has 0 N–H and O–H groups in total. The summed E-state index contributed by atoms with van der Waals surface area (Å²) in [5.74, 6) is 0.820. The van der Waals surface area contributed by atoms with Crippen LogP contribution in [0, 0.1) is 11.3 Å². The second kappa shape index (κ2) is 3.58. The van der Waals surface area contributed by atoms with Crippen molar-refractivity contribution in [1.82, 2.24) is 4.98 Å². The molecule has 5 heteroatoms. The Bertz CT molecular complexity index is 439. The van der Waals surface area contributed by atoms with Crippen LogP contribution in [0.25, 0.3) is 0 Å². The molecule has 1 aliphatic heterocycles. The minimum absolute atomic E-state index is 0.140. The first kappa shape index (κ1) is 9.46. The van der Waals surface area contributed by atoms with Gasteiger partial charge in [0.05, 0.1) is 6.54 Å². The molecule has 15 heavy (non-hydrogen) atoms. The van der Waals surface area contributed by atoms with Crippen LogP contribution in [-0.2, 0) is 4.79 Å². The van der Waals surface area contributed by atoms with E-state index in [0.29, 0.717) is 11.6 Å². The highest BCUT2D eigenvalue weighted by atomic mass is 16.5. The summed E-state index contributed by atoms with van der Waals surface area (Å²) in [6, 6.07) is 5.39. The molecule has 2 rings (SSSR count). The van der Waals surface area contributed by atoms with Crippen molar-refractivity contribution >= 4 is 11.7 Å². The maximum atomic E-state index is 11.3. The van der Waals surface area contributed by atoms with Crippen molar-refractivity contribution in [2.45, 2.75) is 13.0 Å². The van der Waals surface area contributed by atoms with E-state index in [1.165, 1.54) is 11.8 Å². The quantitative estimate of drug-likeness (QED) is 0.623. The highest BCUT2D eigenvalue weighted by molar-refractivity contribution is 5.92. The monoisotopic (exact) mass is 203 g/mol. The third-order valence-electron chi connectivity index (χ3n) is 2.15. The molecule has 0 saturated heterocycles. The van der Waals surface area contributed by atoms with Crippen LogP contribution >= 0.6 is 0 Å². The fourth-order valence-electron chi connectivity index (χ4n) is 1.46. The lowest BCUT2D eigenvalue weighted by molar-refractivity contribution is -0.117. The summed E-state index contributed by atoms with van der Waals surface area (Å²) in [5, 5.41) is 8.78. The lowest BCUT2D eigenvalue weighted by Gasteiger charge is -2.29. The second-order valence-electron chi connectivity index (χ2n) is 3.19. The number of amides is 1. The van der Waals surface area contributed by atoms with Gasteiger partial charge < -0.3 is 4.74 Å². The molecule has 1 aliphatic rings. The Kier molecular flexibility index (Phi) is 2.26. The van der Waals surface area contributed by atoms with Crippen LogP contribution < -0.4 is 9.64 Å². The Morgan fingerprint density at radius 2 is 2.60 bits per heavy atom. The predicted molar refractivity (Wildman–Crippen MR) is 52.3 cm³/mol. The molecule has 0 saturated carbocycles. The van der Waals surface area contributed by atoms with Gasteiger partial charge in [-0.15, -0.1) is 0 Å². The molecular weight excluding hydrogens is 194 g/mol. The first-order valence-corrected chi connectivity index (χ1v) is 4.52. The minimum atomic E-state index is -0.620. The number of nitriles is 1. The van der Waals surface area contributed by atoms with Crippen molar-refractivity contribution in [1.29, 1.82) is 5.26 Å². The summed E-state index contributed by atoms with van der Waals surface area (Å²) in [5.41, 5.74) is 0. The molecule has 1 unspecified atom stereocenters. The largest absolute Gasteiger partial charge is 0.470 e. The summed E-state index contributed by atoms with van der Waals surface area (Å²) in [6.07, 6.45) is 0.968. The molecule has 76 valence electrons. The van der Waals surface area contributed by atoms with Crippen molar-refractivity contribution in [2.24, 2.45) is 0 Å². The SMILES string of the molecule is CC(=O)N1CC(C#N)Oc2cccnc21. The molecule has 1 aromatic heterocycles. The van der Waals surface area contributed by atoms with E-state index in [1.807, 2.05) is 6.07 Å².